The van der Waals surface area contributed by atoms with Gasteiger partial charge in [-0.05, 0) is 42.8 Å². The molecule has 0 aliphatic heterocycles. The van der Waals surface area contributed by atoms with Gasteiger partial charge in [-0.2, -0.15) is 0 Å². The van der Waals surface area contributed by atoms with Gasteiger partial charge in [0, 0.05) is 16.6 Å². The Morgan fingerprint density at radius 2 is 1.95 bits per heavy atom. The number of anilines is 1. The Morgan fingerprint density at radius 3 is 2.71 bits per heavy atom. The van der Waals surface area contributed by atoms with Crippen molar-refractivity contribution >= 4 is 22.5 Å². The fraction of sp³-hybridized carbons (Fsp3) is 0.118. The molecular formula is C17H15FN2O. The average molecular weight is 282 g/mol. The Morgan fingerprint density at radius 1 is 1.19 bits per heavy atom. The van der Waals surface area contributed by atoms with Crippen molar-refractivity contribution in [2.45, 2.75) is 13.3 Å². The van der Waals surface area contributed by atoms with Gasteiger partial charge in [0.05, 0.1) is 12.1 Å². The molecule has 0 radical (unpaired) electrons. The number of amides is 1. The topological polar surface area (TPSA) is 44.9 Å². The minimum absolute atomic E-state index is 0.118. The molecule has 4 heteroatoms. The van der Waals surface area contributed by atoms with Crippen LogP contribution in [0.1, 0.15) is 11.3 Å². The fourth-order valence-corrected chi connectivity index (χ4v) is 2.39. The van der Waals surface area contributed by atoms with Crippen LogP contribution in [0.25, 0.3) is 10.9 Å². The Hall–Kier alpha value is -2.62. The highest BCUT2D eigenvalue weighted by molar-refractivity contribution is 6.02. The maximum Gasteiger partial charge on any atom is 0.228 e. The molecule has 0 spiro atoms. The number of aryl methyl sites for hydroxylation is 1. The summed E-state index contributed by atoms with van der Waals surface area (Å²) in [4.78, 5) is 15.3. The van der Waals surface area contributed by atoms with Crippen molar-refractivity contribution in [3.63, 3.8) is 0 Å². The lowest BCUT2D eigenvalue weighted by Gasteiger charge is -2.06. The lowest BCUT2D eigenvalue weighted by atomic mass is 10.1. The number of aromatic nitrogens is 1. The number of carbonyl (C=O) groups is 1. The van der Waals surface area contributed by atoms with Gasteiger partial charge in [-0.25, -0.2) is 4.39 Å². The van der Waals surface area contributed by atoms with Crippen LogP contribution in [0, 0.1) is 12.7 Å². The predicted molar refractivity (Wildman–Crippen MR) is 81.8 cm³/mol. The molecule has 106 valence electrons. The summed E-state index contributed by atoms with van der Waals surface area (Å²) in [5, 5.41) is 3.90. The highest BCUT2D eigenvalue weighted by Crippen LogP contribution is 2.24. The van der Waals surface area contributed by atoms with E-state index in [2.05, 4.69) is 10.3 Å². The fourth-order valence-electron chi connectivity index (χ4n) is 2.39. The molecule has 1 amide bonds. The largest absolute Gasteiger partial charge is 0.359 e. The Balaban J connectivity index is 1.78. The van der Waals surface area contributed by atoms with E-state index in [0.717, 1.165) is 27.8 Å². The zero-order chi connectivity index (χ0) is 14.8. The molecule has 0 saturated carbocycles. The Bertz CT molecular complexity index is 790. The molecule has 1 heterocycles. The zero-order valence-electron chi connectivity index (χ0n) is 11.6. The minimum Gasteiger partial charge on any atom is -0.359 e. The van der Waals surface area contributed by atoms with Crippen LogP contribution in [-0.4, -0.2) is 10.9 Å². The third-order valence-corrected chi connectivity index (χ3v) is 3.35. The second kappa shape index (κ2) is 5.40. The summed E-state index contributed by atoms with van der Waals surface area (Å²) in [5.41, 5.74) is 3.60. The van der Waals surface area contributed by atoms with Crippen molar-refractivity contribution in [1.82, 2.24) is 4.98 Å². The van der Waals surface area contributed by atoms with Gasteiger partial charge in [0.2, 0.25) is 5.91 Å². The number of hydrogen-bond donors (Lipinski definition) is 2. The summed E-state index contributed by atoms with van der Waals surface area (Å²) in [7, 11) is 0. The van der Waals surface area contributed by atoms with Crippen LogP contribution in [0.2, 0.25) is 0 Å². The summed E-state index contributed by atoms with van der Waals surface area (Å²) in [6.45, 7) is 1.98. The van der Waals surface area contributed by atoms with Gasteiger partial charge in [0.15, 0.2) is 0 Å². The quantitative estimate of drug-likeness (QED) is 0.754. The first-order valence-corrected chi connectivity index (χ1v) is 6.74. The number of halogens is 1. The maximum absolute atomic E-state index is 12.8. The molecule has 2 aromatic carbocycles. The first-order valence-electron chi connectivity index (χ1n) is 6.74. The summed E-state index contributed by atoms with van der Waals surface area (Å²) in [5.74, 6) is -0.417. The second-order valence-corrected chi connectivity index (χ2v) is 5.07. The van der Waals surface area contributed by atoms with Crippen molar-refractivity contribution in [2.24, 2.45) is 0 Å². The summed E-state index contributed by atoms with van der Waals surface area (Å²) < 4.78 is 12.8. The number of rotatable bonds is 3. The monoisotopic (exact) mass is 282 g/mol. The molecule has 3 aromatic rings. The highest BCUT2D eigenvalue weighted by atomic mass is 19.1. The van der Waals surface area contributed by atoms with Gasteiger partial charge < -0.3 is 10.3 Å². The SMILES string of the molecule is Cc1cc2c(NC(=O)Cc3ccc(F)cc3)cccc2[nH]1. The molecule has 3 rings (SSSR count). The molecule has 21 heavy (non-hydrogen) atoms. The van der Waals surface area contributed by atoms with Gasteiger partial charge in [-0.15, -0.1) is 0 Å². The first-order chi connectivity index (χ1) is 10.1. The predicted octanol–water partition coefficient (Wildman–Crippen LogP) is 3.80. The number of H-pyrrole nitrogens is 1. The number of nitrogens with one attached hydrogen (secondary N) is 2. The van der Waals surface area contributed by atoms with E-state index >= 15 is 0 Å². The molecule has 1 aromatic heterocycles. The third kappa shape index (κ3) is 2.94. The van der Waals surface area contributed by atoms with Crippen LogP contribution >= 0.6 is 0 Å². The first kappa shape index (κ1) is 13.4. The standard InChI is InChI=1S/C17H15FN2O/c1-11-9-14-15(19-11)3-2-4-16(14)20-17(21)10-12-5-7-13(18)8-6-12/h2-9,19H,10H2,1H3,(H,20,21). The summed E-state index contributed by atoms with van der Waals surface area (Å²) in [6, 6.07) is 13.7. The second-order valence-electron chi connectivity index (χ2n) is 5.07. The van der Waals surface area contributed by atoms with Crippen LogP contribution in [0.5, 0.6) is 0 Å². The van der Waals surface area contributed by atoms with Crippen molar-refractivity contribution < 1.29 is 9.18 Å². The molecule has 0 aliphatic rings. The van der Waals surface area contributed by atoms with Gasteiger partial charge >= 0.3 is 0 Å². The molecule has 3 nitrogen and oxygen atoms in total. The van der Waals surface area contributed by atoms with Crippen LogP contribution in [0.4, 0.5) is 10.1 Å². The van der Waals surface area contributed by atoms with E-state index < -0.39 is 0 Å². The summed E-state index contributed by atoms with van der Waals surface area (Å²) in [6.07, 6.45) is 0.222. The van der Waals surface area contributed by atoms with Gasteiger partial charge in [0.1, 0.15) is 5.82 Å². The molecule has 0 atom stereocenters. The van der Waals surface area contributed by atoms with E-state index in [4.69, 9.17) is 0 Å². The molecule has 0 bridgehead atoms. The Kier molecular flexibility index (Phi) is 3.44. The van der Waals surface area contributed by atoms with E-state index in [1.165, 1.54) is 12.1 Å². The van der Waals surface area contributed by atoms with E-state index in [9.17, 15) is 9.18 Å². The van der Waals surface area contributed by atoms with Crippen molar-refractivity contribution in [2.75, 3.05) is 5.32 Å². The van der Waals surface area contributed by atoms with Gasteiger partial charge in [0.25, 0.3) is 0 Å². The molecular weight excluding hydrogens is 267 g/mol. The van der Waals surface area contributed by atoms with E-state index in [1.54, 1.807) is 12.1 Å². The normalized spacial score (nSPS) is 10.8. The summed E-state index contributed by atoms with van der Waals surface area (Å²) >= 11 is 0. The van der Waals surface area contributed by atoms with E-state index in [-0.39, 0.29) is 18.1 Å². The van der Waals surface area contributed by atoms with Crippen molar-refractivity contribution in [3.05, 3.63) is 65.6 Å². The number of aromatic amines is 1. The average Bonchev–Trinajstić information content (AvgIpc) is 2.83. The van der Waals surface area contributed by atoms with E-state index in [1.807, 2.05) is 31.2 Å². The molecule has 0 fully saturated rings. The van der Waals surface area contributed by atoms with Crippen LogP contribution < -0.4 is 5.32 Å². The third-order valence-electron chi connectivity index (χ3n) is 3.35. The lowest BCUT2D eigenvalue weighted by molar-refractivity contribution is -0.115. The number of fused-ring (bicyclic) bond motifs is 1. The van der Waals surface area contributed by atoms with Gasteiger partial charge in [-0.3, -0.25) is 4.79 Å². The highest BCUT2D eigenvalue weighted by Gasteiger charge is 2.08. The number of hydrogen-bond acceptors (Lipinski definition) is 1. The van der Waals surface area contributed by atoms with Gasteiger partial charge in [-0.1, -0.05) is 18.2 Å². The number of benzene rings is 2. The van der Waals surface area contributed by atoms with E-state index in [0.29, 0.717) is 0 Å². The molecule has 2 N–H and O–H groups in total. The molecule has 0 saturated heterocycles. The molecule has 0 aliphatic carbocycles. The molecule has 0 unspecified atom stereocenters. The smallest absolute Gasteiger partial charge is 0.228 e. The number of carbonyl (C=O) groups excluding carboxylic acids is 1. The zero-order valence-corrected chi connectivity index (χ0v) is 11.6. The van der Waals surface area contributed by atoms with Crippen LogP contribution in [-0.2, 0) is 11.2 Å². The van der Waals surface area contributed by atoms with Crippen molar-refractivity contribution in [1.29, 1.82) is 0 Å². The minimum atomic E-state index is -0.299. The Labute approximate surface area is 121 Å². The maximum atomic E-state index is 12.8. The van der Waals surface area contributed by atoms with Crippen molar-refractivity contribution in [3.8, 4) is 0 Å². The lowest BCUT2D eigenvalue weighted by Crippen LogP contribution is -2.14. The van der Waals surface area contributed by atoms with Crippen LogP contribution in [0.15, 0.2) is 48.5 Å². The van der Waals surface area contributed by atoms with Crippen LogP contribution in [0.3, 0.4) is 0 Å².